The highest BCUT2D eigenvalue weighted by molar-refractivity contribution is 5.98. The van der Waals surface area contributed by atoms with Gasteiger partial charge in [0.2, 0.25) is 0 Å². The number of imidazole rings is 1. The molecule has 0 aliphatic heterocycles. The second-order valence-corrected chi connectivity index (χ2v) is 20.0. The molecule has 0 unspecified atom stereocenters. The van der Waals surface area contributed by atoms with Crippen molar-refractivity contribution in [1.82, 2.24) is 14.5 Å². The monoisotopic (exact) mass is 877 g/mol. The van der Waals surface area contributed by atoms with Gasteiger partial charge in [-0.1, -0.05) is 177 Å². The van der Waals surface area contributed by atoms with Gasteiger partial charge in [0.1, 0.15) is 11.6 Å². The van der Waals surface area contributed by atoms with Crippen LogP contribution in [0.15, 0.2) is 164 Å². The van der Waals surface area contributed by atoms with Gasteiger partial charge in [0.05, 0.1) is 37.6 Å². The summed E-state index contributed by atoms with van der Waals surface area (Å²) >= 11 is 0. The maximum atomic E-state index is 12.7. The first-order valence-electron chi connectivity index (χ1n) is 28.6. The molecule has 0 bridgehead atoms. The molecule has 0 saturated carbocycles. The van der Waals surface area contributed by atoms with Gasteiger partial charge in [-0.3, -0.25) is 9.55 Å². The summed E-state index contributed by atoms with van der Waals surface area (Å²) in [5.74, 6) is 0.401. The Morgan fingerprint density at radius 2 is 1.18 bits per heavy atom. The first-order valence-corrected chi connectivity index (χ1v) is 22.1. The molecule has 4 heteroatoms. The number of phenols is 1. The summed E-state index contributed by atoms with van der Waals surface area (Å²) < 4.78 is 115. The molecule has 0 aliphatic rings. The Hall–Kier alpha value is -7.04. The van der Waals surface area contributed by atoms with E-state index in [0.29, 0.717) is 67.1 Å². The number of pyridine rings is 1. The third-order valence-corrected chi connectivity index (χ3v) is 12.1. The smallest absolute Gasteiger partial charge is 0.149 e. The molecule has 0 aliphatic carbocycles. The predicted molar refractivity (Wildman–Crippen MR) is 279 cm³/mol. The molecular weight excluding hydrogens is 803 g/mol. The molecule has 0 atom stereocenters. The molecular formula is C62H61N3O. The summed E-state index contributed by atoms with van der Waals surface area (Å²) in [7, 11) is 0. The third-order valence-electron chi connectivity index (χ3n) is 12.1. The average Bonchev–Trinajstić information content (AvgIpc) is 4.03. The van der Waals surface area contributed by atoms with E-state index in [1.165, 1.54) is 0 Å². The standard InChI is InChI=1S/C62H61N3O/c1-39-25-27-41(28-26-39)44-29-30-63-54(35-44)46-32-45(33-47(34-46)60(3,4)5)49-23-18-24-55-57(49)64-59(52-36-48(61(6,7)8)37-53(58(52)66)62(9,10)11)65(55)56-38-50(42-19-14-12-15-20-42)40(2)31-51(56)43-21-16-13-17-22-43/h12-38,66H,1-11H3/i1D3,2D3,25D,26D,27D,28D,29D,30D,35D. The number of benzene rings is 7. The molecule has 0 radical (unpaired) electrons. The van der Waals surface area contributed by atoms with Gasteiger partial charge in [0, 0.05) is 36.7 Å². The topological polar surface area (TPSA) is 50.9 Å². The van der Waals surface area contributed by atoms with E-state index in [0.717, 1.165) is 16.7 Å². The molecule has 4 nitrogen and oxygen atoms in total. The van der Waals surface area contributed by atoms with E-state index < -0.39 is 83.7 Å². The summed E-state index contributed by atoms with van der Waals surface area (Å²) in [5.41, 5.74) is 5.53. The highest BCUT2D eigenvalue weighted by Gasteiger charge is 2.30. The van der Waals surface area contributed by atoms with Crippen LogP contribution in [0.25, 0.3) is 83.9 Å². The van der Waals surface area contributed by atoms with Crippen LogP contribution in [0.5, 0.6) is 5.75 Å². The van der Waals surface area contributed by atoms with Crippen LogP contribution in [-0.2, 0) is 16.2 Å². The molecule has 0 spiro atoms. The van der Waals surface area contributed by atoms with E-state index in [1.54, 1.807) is 12.1 Å². The van der Waals surface area contributed by atoms with Crippen molar-refractivity contribution in [1.29, 1.82) is 0 Å². The number of aromatic nitrogens is 3. The van der Waals surface area contributed by atoms with Crippen LogP contribution in [-0.4, -0.2) is 19.6 Å². The Bertz CT molecular complexity index is 3870. The van der Waals surface area contributed by atoms with E-state index in [9.17, 15) is 6.48 Å². The van der Waals surface area contributed by atoms with Crippen molar-refractivity contribution in [3.05, 3.63) is 192 Å². The minimum absolute atomic E-state index is 0.0305. The SMILES string of the molecule is [2H]c1nc(-c2cc(-c3cccc4c3nc(-c3cc(C(C)(C)C)cc(C(C)(C)C)c3O)n4-c3cc(-c4ccccc4)c(C([2H])([2H])[2H])cc3-c3ccccc3)cc(C(C)(C)C)c2)c([2H])c(-c2c([2H])c([2H])c(C([2H])([2H])[2H])c([2H])c2[2H])c1[2H]. The number of phenolic OH excluding ortho intramolecular Hbond substituents is 1. The number of rotatable bonds is 7. The minimum atomic E-state index is -3.00. The minimum Gasteiger partial charge on any atom is -0.507 e. The predicted octanol–water partition coefficient (Wildman–Crippen LogP) is 16.6. The summed E-state index contributed by atoms with van der Waals surface area (Å²) in [6.07, 6.45) is -0.605. The van der Waals surface area contributed by atoms with Crippen LogP contribution in [0.2, 0.25) is 0 Å². The molecule has 7 aromatic carbocycles. The van der Waals surface area contributed by atoms with E-state index in [2.05, 4.69) is 25.8 Å². The number of hydrogen-bond donors (Lipinski definition) is 1. The summed E-state index contributed by atoms with van der Waals surface area (Å²) in [6, 6.07) is 33.6. The van der Waals surface area contributed by atoms with Crippen molar-refractivity contribution in [2.75, 3.05) is 0 Å². The molecule has 9 rings (SSSR count). The maximum Gasteiger partial charge on any atom is 0.149 e. The number of aryl methyl sites for hydroxylation is 1. The van der Waals surface area contributed by atoms with Gasteiger partial charge < -0.3 is 5.11 Å². The van der Waals surface area contributed by atoms with Crippen molar-refractivity contribution < 1.29 is 22.9 Å². The first-order chi connectivity index (χ1) is 36.7. The molecule has 2 heterocycles. The van der Waals surface area contributed by atoms with Crippen LogP contribution in [0.4, 0.5) is 0 Å². The fourth-order valence-electron chi connectivity index (χ4n) is 8.41. The lowest BCUT2D eigenvalue weighted by molar-refractivity contribution is 0.446. The van der Waals surface area contributed by atoms with Crippen molar-refractivity contribution in [2.24, 2.45) is 0 Å². The van der Waals surface area contributed by atoms with Crippen LogP contribution >= 0.6 is 0 Å². The fraction of sp³-hybridized carbons (Fsp3) is 0.226. The molecule has 0 saturated heterocycles. The van der Waals surface area contributed by atoms with Crippen molar-refractivity contribution >= 4 is 11.0 Å². The largest absolute Gasteiger partial charge is 0.507 e. The van der Waals surface area contributed by atoms with Gasteiger partial charge in [0.15, 0.2) is 0 Å². The van der Waals surface area contributed by atoms with Gasteiger partial charge >= 0.3 is 0 Å². The van der Waals surface area contributed by atoms with E-state index in [-0.39, 0.29) is 22.4 Å². The molecule has 0 amide bonds. The zero-order chi connectivity index (χ0) is 57.8. The van der Waals surface area contributed by atoms with Crippen LogP contribution < -0.4 is 0 Å². The van der Waals surface area contributed by atoms with E-state index in [1.807, 2.05) is 155 Å². The zero-order valence-electron chi connectivity index (χ0n) is 51.8. The van der Waals surface area contributed by atoms with Crippen LogP contribution in [0, 0.1) is 13.7 Å². The maximum absolute atomic E-state index is 12.7. The van der Waals surface area contributed by atoms with Crippen molar-refractivity contribution in [3.8, 4) is 78.6 Å². The molecule has 9 aromatic rings. The van der Waals surface area contributed by atoms with Crippen LogP contribution in [0.1, 0.15) is 108 Å². The normalized spacial score (nSPS) is 15.4. The Morgan fingerprint density at radius 1 is 0.530 bits per heavy atom. The summed E-state index contributed by atoms with van der Waals surface area (Å²) in [4.78, 5) is 10.0. The Balaban J connectivity index is 1.42. The Kier molecular flexibility index (Phi) is 7.86. The first kappa shape index (κ1) is 31.0. The van der Waals surface area contributed by atoms with Crippen molar-refractivity contribution in [3.63, 3.8) is 0 Å². The molecule has 330 valence electrons. The van der Waals surface area contributed by atoms with E-state index in [4.69, 9.17) is 21.4 Å². The molecule has 2 aromatic heterocycles. The Morgan fingerprint density at radius 3 is 1.82 bits per heavy atom. The Labute approximate surface area is 410 Å². The van der Waals surface area contributed by atoms with Gasteiger partial charge in [-0.15, -0.1) is 0 Å². The molecule has 66 heavy (non-hydrogen) atoms. The number of nitrogens with zero attached hydrogens (tertiary/aromatic N) is 3. The van der Waals surface area contributed by atoms with Gasteiger partial charge in [0.25, 0.3) is 0 Å². The summed E-state index contributed by atoms with van der Waals surface area (Å²) in [6.45, 7) is 13.0. The molecule has 0 fully saturated rings. The van der Waals surface area contributed by atoms with Crippen molar-refractivity contribution in [2.45, 2.75) is 92.3 Å². The lowest BCUT2D eigenvalue weighted by atomic mass is 9.79. The van der Waals surface area contributed by atoms with E-state index >= 15 is 0 Å². The van der Waals surface area contributed by atoms with Gasteiger partial charge in [-0.05, 0) is 129 Å². The average molecular weight is 877 g/mol. The molecule has 1 N–H and O–H groups in total. The highest BCUT2D eigenvalue weighted by Crippen LogP contribution is 2.47. The third kappa shape index (κ3) is 8.49. The number of para-hydroxylation sites is 1. The van der Waals surface area contributed by atoms with Crippen LogP contribution in [0.3, 0.4) is 0 Å². The lowest BCUT2D eigenvalue weighted by Gasteiger charge is -2.28. The fourth-order valence-corrected chi connectivity index (χ4v) is 8.41. The quantitative estimate of drug-likeness (QED) is 0.174. The lowest BCUT2D eigenvalue weighted by Crippen LogP contribution is -2.17. The van der Waals surface area contributed by atoms with Gasteiger partial charge in [-0.2, -0.15) is 0 Å². The number of aromatic hydroxyl groups is 1. The summed E-state index contributed by atoms with van der Waals surface area (Å²) in [5, 5.41) is 12.7. The van der Waals surface area contributed by atoms with Gasteiger partial charge in [-0.25, -0.2) is 4.98 Å². The highest BCUT2D eigenvalue weighted by atomic mass is 16.3. The zero-order valence-corrected chi connectivity index (χ0v) is 38.8. The second kappa shape index (κ2) is 16.7. The second-order valence-electron chi connectivity index (χ2n) is 20.0. The number of hydrogen-bond acceptors (Lipinski definition) is 3. The number of fused-ring (bicyclic) bond motifs is 1.